The lowest BCUT2D eigenvalue weighted by molar-refractivity contribution is 0.0948. The smallest absolute Gasteiger partial charge is 0.262 e. The number of rotatable bonds is 4. The summed E-state index contributed by atoms with van der Waals surface area (Å²) in [4.78, 5) is 12.3. The Hall–Kier alpha value is -2.46. The highest BCUT2D eigenvalue weighted by atomic mass is 32.1. The summed E-state index contributed by atoms with van der Waals surface area (Å²) in [6.45, 7) is 0. The molecule has 2 aromatic rings. The van der Waals surface area contributed by atoms with E-state index in [9.17, 15) is 13.6 Å². The lowest BCUT2D eigenvalue weighted by Crippen LogP contribution is -2.27. The first-order chi connectivity index (χ1) is 10.0. The van der Waals surface area contributed by atoms with Gasteiger partial charge in [-0.1, -0.05) is 6.07 Å². The molecule has 0 spiro atoms. The van der Waals surface area contributed by atoms with Crippen molar-refractivity contribution >= 4 is 17.2 Å². The Morgan fingerprint density at radius 2 is 2.19 bits per heavy atom. The molecule has 1 N–H and O–H groups in total. The Labute approximate surface area is 123 Å². The lowest BCUT2D eigenvalue weighted by atomic mass is 10.1. The van der Waals surface area contributed by atoms with Gasteiger partial charge in [0.05, 0.1) is 18.1 Å². The van der Waals surface area contributed by atoms with Crippen molar-refractivity contribution in [3.63, 3.8) is 0 Å². The van der Waals surface area contributed by atoms with E-state index in [2.05, 4.69) is 5.32 Å². The van der Waals surface area contributed by atoms with Gasteiger partial charge >= 0.3 is 0 Å². The summed E-state index contributed by atoms with van der Waals surface area (Å²) >= 11 is 1.14. The third kappa shape index (κ3) is 3.35. The van der Waals surface area contributed by atoms with Crippen LogP contribution < -0.4 is 10.1 Å². The molecule has 1 heterocycles. The van der Waals surface area contributed by atoms with Crippen LogP contribution >= 0.6 is 11.3 Å². The second-order valence-corrected chi connectivity index (χ2v) is 4.96. The van der Waals surface area contributed by atoms with Crippen LogP contribution in [-0.4, -0.2) is 13.0 Å². The Balaban J connectivity index is 2.19. The quantitative estimate of drug-likeness (QED) is 0.944. The van der Waals surface area contributed by atoms with E-state index >= 15 is 0 Å². The predicted molar refractivity (Wildman–Crippen MR) is 73.0 cm³/mol. The fourth-order valence-corrected chi connectivity index (χ4v) is 2.42. The first kappa shape index (κ1) is 14.9. The Kier molecular flexibility index (Phi) is 4.50. The molecule has 108 valence electrons. The lowest BCUT2D eigenvalue weighted by Gasteiger charge is -2.12. The molecule has 1 amide bonds. The number of carbonyl (C=O) groups excluding carboxylic acids is 1. The van der Waals surface area contributed by atoms with E-state index < -0.39 is 23.6 Å². The molecule has 1 aromatic heterocycles. The molecule has 1 aromatic carbocycles. The summed E-state index contributed by atoms with van der Waals surface area (Å²) < 4.78 is 31.5. The van der Waals surface area contributed by atoms with Gasteiger partial charge in [0.15, 0.2) is 0 Å². The maximum Gasteiger partial charge on any atom is 0.262 e. The van der Waals surface area contributed by atoms with Gasteiger partial charge in [-0.2, -0.15) is 5.26 Å². The molecule has 0 fully saturated rings. The van der Waals surface area contributed by atoms with Crippen molar-refractivity contribution in [1.82, 2.24) is 5.32 Å². The van der Waals surface area contributed by atoms with Crippen LogP contribution in [0.2, 0.25) is 0 Å². The molecule has 0 saturated heterocycles. The number of methoxy groups -OCH3 is 1. The average molecular weight is 308 g/mol. The first-order valence-corrected chi connectivity index (χ1v) is 6.71. The minimum atomic E-state index is -1.20. The molecule has 2 rings (SSSR count). The van der Waals surface area contributed by atoms with Crippen molar-refractivity contribution in [1.29, 1.82) is 5.26 Å². The summed E-state index contributed by atoms with van der Waals surface area (Å²) in [6.07, 6.45) is 0. The number of hydrogen-bond acceptors (Lipinski definition) is 4. The van der Waals surface area contributed by atoms with Gasteiger partial charge in [0.2, 0.25) is 0 Å². The highest BCUT2D eigenvalue weighted by Gasteiger charge is 2.20. The predicted octanol–water partition coefficient (Wildman–Crippen LogP) is 3.03. The average Bonchev–Trinajstić information content (AvgIpc) is 2.94. The van der Waals surface area contributed by atoms with Gasteiger partial charge in [-0.05, 0) is 6.07 Å². The van der Waals surface area contributed by atoms with Gasteiger partial charge in [-0.25, -0.2) is 8.78 Å². The number of nitriles is 1. The Morgan fingerprint density at radius 1 is 1.43 bits per heavy atom. The van der Waals surface area contributed by atoms with E-state index in [-0.39, 0.29) is 5.56 Å². The van der Waals surface area contributed by atoms with Crippen molar-refractivity contribution in [2.45, 2.75) is 6.04 Å². The number of halogens is 2. The number of nitrogens with zero attached hydrogens (tertiary/aromatic N) is 1. The molecule has 0 aliphatic rings. The van der Waals surface area contributed by atoms with Crippen LogP contribution in [0.4, 0.5) is 8.78 Å². The fraction of sp³-hybridized carbons (Fsp3) is 0.143. The van der Waals surface area contributed by atoms with E-state index in [1.165, 1.54) is 13.2 Å². The van der Waals surface area contributed by atoms with Crippen molar-refractivity contribution in [2.24, 2.45) is 0 Å². The highest BCUT2D eigenvalue weighted by Crippen LogP contribution is 2.23. The fourth-order valence-electron chi connectivity index (χ4n) is 1.66. The number of benzene rings is 1. The number of nitrogens with one attached hydrogen (secondary N) is 1. The Morgan fingerprint density at radius 3 is 2.76 bits per heavy atom. The zero-order valence-corrected chi connectivity index (χ0v) is 11.7. The van der Waals surface area contributed by atoms with Crippen LogP contribution in [-0.2, 0) is 0 Å². The van der Waals surface area contributed by atoms with Crippen molar-refractivity contribution in [3.8, 4) is 11.8 Å². The zero-order chi connectivity index (χ0) is 15.4. The zero-order valence-electron chi connectivity index (χ0n) is 10.9. The van der Waals surface area contributed by atoms with E-state index in [4.69, 9.17) is 10.00 Å². The minimum Gasteiger partial charge on any atom is -0.496 e. The maximum atomic E-state index is 13.6. The van der Waals surface area contributed by atoms with Crippen LogP contribution in [0.1, 0.15) is 21.3 Å². The molecular weight excluding hydrogens is 298 g/mol. The minimum absolute atomic E-state index is 0.0872. The normalized spacial score (nSPS) is 11.5. The highest BCUT2D eigenvalue weighted by molar-refractivity contribution is 7.12. The molecule has 0 saturated carbocycles. The molecular formula is C14H10F2N2O2S. The first-order valence-electron chi connectivity index (χ1n) is 5.83. The number of ether oxygens (including phenoxy) is 1. The van der Waals surface area contributed by atoms with Gasteiger partial charge in [0.25, 0.3) is 5.91 Å². The molecule has 21 heavy (non-hydrogen) atoms. The van der Waals surface area contributed by atoms with Crippen molar-refractivity contribution in [2.75, 3.05) is 7.11 Å². The summed E-state index contributed by atoms with van der Waals surface area (Å²) in [6, 6.07) is 4.92. The van der Waals surface area contributed by atoms with Gasteiger partial charge < -0.3 is 10.1 Å². The second-order valence-electron chi connectivity index (χ2n) is 4.05. The molecule has 0 radical (unpaired) electrons. The Bertz CT molecular complexity index is 709. The maximum absolute atomic E-state index is 13.6. The van der Waals surface area contributed by atoms with Crippen LogP contribution in [0.3, 0.4) is 0 Å². The molecule has 0 aliphatic carbocycles. The third-order valence-corrected chi connectivity index (χ3v) is 3.62. The van der Waals surface area contributed by atoms with Crippen molar-refractivity contribution in [3.05, 3.63) is 51.7 Å². The standard InChI is InChI=1S/C14H10F2N2O2S/c1-20-9-5-13(21-7-9)14(19)18-12(6-17)10-3-2-8(15)4-11(10)16/h2-5,7,12H,1H3,(H,18,19)/t12-/m1/s1. The molecule has 0 aliphatic heterocycles. The van der Waals surface area contributed by atoms with E-state index in [0.717, 1.165) is 23.5 Å². The van der Waals surface area contributed by atoms with Gasteiger partial charge in [-0.15, -0.1) is 11.3 Å². The molecule has 0 unspecified atom stereocenters. The number of carbonyl (C=O) groups is 1. The summed E-state index contributed by atoms with van der Waals surface area (Å²) in [5, 5.41) is 13.1. The topological polar surface area (TPSA) is 62.1 Å². The van der Waals surface area contributed by atoms with Gasteiger partial charge in [-0.3, -0.25) is 4.79 Å². The third-order valence-electron chi connectivity index (χ3n) is 2.71. The van der Waals surface area contributed by atoms with Crippen molar-refractivity contribution < 1.29 is 18.3 Å². The summed E-state index contributed by atoms with van der Waals surface area (Å²) in [7, 11) is 1.47. The van der Waals surface area contributed by atoms with Crippen LogP contribution in [0.5, 0.6) is 5.75 Å². The SMILES string of the molecule is COc1csc(C(=O)N[C@H](C#N)c2ccc(F)cc2F)c1. The van der Waals surface area contributed by atoms with Gasteiger partial charge in [0.1, 0.15) is 23.4 Å². The largest absolute Gasteiger partial charge is 0.496 e. The van der Waals surface area contributed by atoms with E-state index in [0.29, 0.717) is 16.7 Å². The van der Waals surface area contributed by atoms with E-state index in [1.807, 2.05) is 0 Å². The number of hydrogen-bond donors (Lipinski definition) is 1. The monoisotopic (exact) mass is 308 g/mol. The van der Waals surface area contributed by atoms with Gasteiger partial charge in [0, 0.05) is 23.1 Å². The summed E-state index contributed by atoms with van der Waals surface area (Å²) in [5.74, 6) is -1.64. The number of amides is 1. The van der Waals surface area contributed by atoms with E-state index in [1.54, 1.807) is 11.4 Å². The second kappa shape index (κ2) is 6.33. The molecule has 7 heteroatoms. The number of thiophene rings is 1. The molecule has 4 nitrogen and oxygen atoms in total. The molecule has 0 bridgehead atoms. The van der Waals surface area contributed by atoms with Crippen LogP contribution in [0.25, 0.3) is 0 Å². The summed E-state index contributed by atoms with van der Waals surface area (Å²) in [5.41, 5.74) is -0.0872. The van der Waals surface area contributed by atoms with Crippen LogP contribution in [0, 0.1) is 23.0 Å². The molecule has 1 atom stereocenters. The van der Waals surface area contributed by atoms with Crippen LogP contribution in [0.15, 0.2) is 29.6 Å².